The number of aromatic nitrogens is 2. The summed E-state index contributed by atoms with van der Waals surface area (Å²) in [5.41, 5.74) is 1.60. The lowest BCUT2D eigenvalue weighted by Crippen LogP contribution is -2.40. The fraction of sp³-hybridized carbons (Fsp3) is 0.529. The average Bonchev–Trinajstić information content (AvgIpc) is 3.03. The molecule has 0 saturated carbocycles. The SMILES string of the molecule is Cc1cn2cccc2c(N2CC[C@H](NC(=O)OC(C)(C)C)C2)n1. The van der Waals surface area contributed by atoms with Gasteiger partial charge in [0, 0.05) is 25.5 Å². The molecule has 1 atom stereocenters. The first-order valence-electron chi connectivity index (χ1n) is 8.00. The number of aryl methyl sites for hydroxylation is 1. The van der Waals surface area contributed by atoms with Crippen LogP contribution < -0.4 is 10.2 Å². The minimum absolute atomic E-state index is 0.0853. The minimum Gasteiger partial charge on any atom is -0.444 e. The lowest BCUT2D eigenvalue weighted by Gasteiger charge is -2.22. The molecule has 0 spiro atoms. The van der Waals surface area contributed by atoms with Crippen LogP contribution in [-0.4, -0.2) is 40.2 Å². The number of alkyl carbamates (subject to hydrolysis) is 1. The summed E-state index contributed by atoms with van der Waals surface area (Å²) in [5, 5.41) is 2.95. The molecule has 2 aromatic heterocycles. The van der Waals surface area contributed by atoms with Gasteiger partial charge in [-0.1, -0.05) is 0 Å². The maximum Gasteiger partial charge on any atom is 0.407 e. The fourth-order valence-corrected chi connectivity index (χ4v) is 2.93. The molecule has 0 unspecified atom stereocenters. The van der Waals surface area contributed by atoms with Crippen LogP contribution in [0.25, 0.3) is 5.52 Å². The van der Waals surface area contributed by atoms with Gasteiger partial charge < -0.3 is 19.4 Å². The Labute approximate surface area is 136 Å². The minimum atomic E-state index is -0.474. The van der Waals surface area contributed by atoms with Gasteiger partial charge in [-0.2, -0.15) is 0 Å². The van der Waals surface area contributed by atoms with E-state index in [9.17, 15) is 4.79 Å². The highest BCUT2D eigenvalue weighted by Gasteiger charge is 2.28. The molecule has 1 N–H and O–H groups in total. The zero-order chi connectivity index (χ0) is 16.6. The van der Waals surface area contributed by atoms with Crippen LogP contribution in [0.3, 0.4) is 0 Å². The summed E-state index contributed by atoms with van der Waals surface area (Å²) < 4.78 is 7.42. The molecule has 3 heterocycles. The van der Waals surface area contributed by atoms with Crippen molar-refractivity contribution in [3.8, 4) is 0 Å². The zero-order valence-electron chi connectivity index (χ0n) is 14.2. The molecule has 1 aliphatic heterocycles. The molecule has 0 radical (unpaired) electrons. The first-order chi connectivity index (χ1) is 10.8. The van der Waals surface area contributed by atoms with Crippen LogP contribution in [0, 0.1) is 6.92 Å². The summed E-state index contributed by atoms with van der Waals surface area (Å²) in [6.45, 7) is 9.22. The number of fused-ring (bicyclic) bond motifs is 1. The second kappa shape index (κ2) is 5.76. The average molecular weight is 316 g/mol. The van der Waals surface area contributed by atoms with Crippen molar-refractivity contribution in [1.82, 2.24) is 14.7 Å². The molecule has 1 fully saturated rings. The summed E-state index contributed by atoms with van der Waals surface area (Å²) in [6, 6.07) is 4.17. The predicted octanol–water partition coefficient (Wildman–Crippen LogP) is 2.75. The van der Waals surface area contributed by atoms with E-state index in [2.05, 4.69) is 25.7 Å². The van der Waals surface area contributed by atoms with Gasteiger partial charge in [0.25, 0.3) is 0 Å². The molecule has 2 aromatic rings. The van der Waals surface area contributed by atoms with Crippen LogP contribution in [0.2, 0.25) is 0 Å². The number of hydrogen-bond acceptors (Lipinski definition) is 4. The lowest BCUT2D eigenvalue weighted by molar-refractivity contribution is 0.0509. The number of nitrogens with zero attached hydrogens (tertiary/aromatic N) is 3. The van der Waals surface area contributed by atoms with Gasteiger partial charge in [-0.15, -0.1) is 0 Å². The molecule has 0 aromatic carbocycles. The first kappa shape index (κ1) is 15.6. The van der Waals surface area contributed by atoms with Crippen LogP contribution in [0.5, 0.6) is 0 Å². The van der Waals surface area contributed by atoms with Gasteiger partial charge in [0.2, 0.25) is 0 Å². The maximum atomic E-state index is 11.9. The Morgan fingerprint density at radius 3 is 2.96 bits per heavy atom. The van der Waals surface area contributed by atoms with Gasteiger partial charge in [0.15, 0.2) is 5.82 Å². The van der Waals surface area contributed by atoms with E-state index in [1.54, 1.807) is 0 Å². The van der Waals surface area contributed by atoms with Crippen molar-refractivity contribution in [3.63, 3.8) is 0 Å². The third-order valence-corrected chi connectivity index (χ3v) is 3.82. The number of nitrogens with one attached hydrogen (secondary N) is 1. The van der Waals surface area contributed by atoms with Crippen molar-refractivity contribution < 1.29 is 9.53 Å². The Hall–Kier alpha value is -2.24. The van der Waals surface area contributed by atoms with Crippen molar-refractivity contribution in [2.24, 2.45) is 0 Å². The van der Waals surface area contributed by atoms with Crippen LogP contribution in [0.15, 0.2) is 24.5 Å². The second-order valence-corrected chi connectivity index (χ2v) is 7.08. The number of ether oxygens (including phenoxy) is 1. The van der Waals surface area contributed by atoms with E-state index in [0.717, 1.165) is 36.5 Å². The quantitative estimate of drug-likeness (QED) is 0.925. The van der Waals surface area contributed by atoms with Gasteiger partial charge in [-0.05, 0) is 46.2 Å². The molecule has 0 aliphatic carbocycles. The van der Waals surface area contributed by atoms with E-state index in [0.29, 0.717) is 0 Å². The summed E-state index contributed by atoms with van der Waals surface area (Å²) in [5.74, 6) is 0.975. The van der Waals surface area contributed by atoms with Crippen LogP contribution in [0.4, 0.5) is 10.6 Å². The van der Waals surface area contributed by atoms with Crippen LogP contribution >= 0.6 is 0 Å². The van der Waals surface area contributed by atoms with Crippen molar-refractivity contribution in [1.29, 1.82) is 0 Å². The molecule has 6 heteroatoms. The van der Waals surface area contributed by atoms with Gasteiger partial charge in [-0.3, -0.25) is 0 Å². The third-order valence-electron chi connectivity index (χ3n) is 3.82. The molecule has 6 nitrogen and oxygen atoms in total. The Kier molecular flexibility index (Phi) is 3.92. The largest absolute Gasteiger partial charge is 0.444 e. The van der Waals surface area contributed by atoms with Crippen molar-refractivity contribution >= 4 is 17.4 Å². The molecule has 3 rings (SSSR count). The molecule has 1 aliphatic rings. The predicted molar refractivity (Wildman–Crippen MR) is 89.9 cm³/mol. The van der Waals surface area contributed by atoms with E-state index >= 15 is 0 Å². The molecular weight excluding hydrogens is 292 g/mol. The Morgan fingerprint density at radius 2 is 2.22 bits per heavy atom. The van der Waals surface area contributed by atoms with E-state index in [4.69, 9.17) is 4.74 Å². The van der Waals surface area contributed by atoms with Crippen LogP contribution in [0.1, 0.15) is 32.9 Å². The monoisotopic (exact) mass is 316 g/mol. The smallest absolute Gasteiger partial charge is 0.407 e. The summed E-state index contributed by atoms with van der Waals surface area (Å²) >= 11 is 0. The molecule has 1 amide bonds. The summed E-state index contributed by atoms with van der Waals surface area (Å²) in [4.78, 5) is 18.8. The number of amides is 1. The summed E-state index contributed by atoms with van der Waals surface area (Å²) in [6.07, 6.45) is 4.59. The third kappa shape index (κ3) is 3.57. The van der Waals surface area contributed by atoms with Crippen LogP contribution in [-0.2, 0) is 4.74 Å². The molecule has 124 valence electrons. The summed E-state index contributed by atoms with van der Waals surface area (Å²) in [7, 11) is 0. The number of carbonyl (C=O) groups is 1. The Balaban J connectivity index is 1.70. The van der Waals surface area contributed by atoms with E-state index in [1.165, 1.54) is 0 Å². The molecular formula is C17H24N4O2. The Morgan fingerprint density at radius 1 is 1.43 bits per heavy atom. The molecule has 23 heavy (non-hydrogen) atoms. The fourth-order valence-electron chi connectivity index (χ4n) is 2.93. The zero-order valence-corrected chi connectivity index (χ0v) is 14.2. The number of carbonyl (C=O) groups excluding carboxylic acids is 1. The second-order valence-electron chi connectivity index (χ2n) is 7.08. The highest BCUT2D eigenvalue weighted by molar-refractivity contribution is 5.71. The van der Waals surface area contributed by atoms with Gasteiger partial charge >= 0.3 is 6.09 Å². The van der Waals surface area contributed by atoms with Crippen molar-refractivity contribution in [2.75, 3.05) is 18.0 Å². The lowest BCUT2D eigenvalue weighted by atomic mass is 10.2. The number of anilines is 1. The molecule has 1 saturated heterocycles. The van der Waals surface area contributed by atoms with Crippen molar-refractivity contribution in [2.45, 2.75) is 45.8 Å². The van der Waals surface area contributed by atoms with E-state index in [1.807, 2.05) is 46.2 Å². The van der Waals surface area contributed by atoms with Gasteiger partial charge in [0.05, 0.1) is 17.3 Å². The molecule has 0 bridgehead atoms. The topological polar surface area (TPSA) is 58.9 Å². The number of rotatable bonds is 2. The normalized spacial score (nSPS) is 18.4. The van der Waals surface area contributed by atoms with Gasteiger partial charge in [-0.25, -0.2) is 9.78 Å². The van der Waals surface area contributed by atoms with E-state index < -0.39 is 5.60 Å². The maximum absolute atomic E-state index is 11.9. The Bertz CT molecular complexity index is 717. The first-order valence-corrected chi connectivity index (χ1v) is 8.00. The van der Waals surface area contributed by atoms with Crippen molar-refractivity contribution in [3.05, 3.63) is 30.2 Å². The standard InChI is InChI=1S/C17H24N4O2/c1-12-10-20-8-5-6-14(20)15(18-12)21-9-7-13(11-21)19-16(22)23-17(2,3)4/h5-6,8,10,13H,7,9,11H2,1-4H3,(H,19,22)/t13-/m0/s1. The number of hydrogen-bond donors (Lipinski definition) is 1. The highest BCUT2D eigenvalue weighted by atomic mass is 16.6. The van der Waals surface area contributed by atoms with E-state index in [-0.39, 0.29) is 12.1 Å². The highest BCUT2D eigenvalue weighted by Crippen LogP contribution is 2.24. The van der Waals surface area contributed by atoms with Gasteiger partial charge in [0.1, 0.15) is 5.60 Å².